The standard InChI is InChI=1S/C16H19FN2S/c1-11-5-3-4-6-16(11)20-10-15(19-18)13-7-8-14(17)12(2)9-13/h3-9,15,19H,10,18H2,1-2H3. The summed E-state index contributed by atoms with van der Waals surface area (Å²) in [6.45, 7) is 3.86. The van der Waals surface area contributed by atoms with E-state index >= 15 is 0 Å². The molecule has 0 fully saturated rings. The van der Waals surface area contributed by atoms with Crippen LogP contribution in [0.4, 0.5) is 4.39 Å². The van der Waals surface area contributed by atoms with Crippen molar-refractivity contribution in [2.24, 2.45) is 5.84 Å². The van der Waals surface area contributed by atoms with Crippen LogP contribution in [-0.2, 0) is 0 Å². The second-order valence-corrected chi connectivity index (χ2v) is 5.87. The van der Waals surface area contributed by atoms with E-state index in [1.165, 1.54) is 16.5 Å². The first-order valence-electron chi connectivity index (χ1n) is 6.52. The van der Waals surface area contributed by atoms with Crippen LogP contribution in [0.3, 0.4) is 0 Å². The highest BCUT2D eigenvalue weighted by molar-refractivity contribution is 7.99. The van der Waals surface area contributed by atoms with Crippen LogP contribution in [0.1, 0.15) is 22.7 Å². The Kier molecular flexibility index (Phi) is 5.17. The Morgan fingerprint density at radius 2 is 1.90 bits per heavy atom. The number of hydrogen-bond donors (Lipinski definition) is 2. The number of nitrogens with two attached hydrogens (primary N) is 1. The first kappa shape index (κ1) is 15.0. The number of rotatable bonds is 5. The summed E-state index contributed by atoms with van der Waals surface area (Å²) in [6.07, 6.45) is 0. The molecule has 2 rings (SSSR count). The predicted octanol–water partition coefficient (Wildman–Crippen LogP) is 3.74. The Morgan fingerprint density at radius 1 is 1.15 bits per heavy atom. The van der Waals surface area contributed by atoms with Gasteiger partial charge >= 0.3 is 0 Å². The van der Waals surface area contributed by atoms with Crippen LogP contribution >= 0.6 is 11.8 Å². The number of hydrazine groups is 1. The quantitative estimate of drug-likeness (QED) is 0.500. The zero-order valence-corrected chi connectivity index (χ0v) is 12.5. The Hall–Kier alpha value is -1.36. The second-order valence-electron chi connectivity index (χ2n) is 4.80. The van der Waals surface area contributed by atoms with Crippen LogP contribution < -0.4 is 11.3 Å². The lowest BCUT2D eigenvalue weighted by Gasteiger charge is -2.17. The highest BCUT2D eigenvalue weighted by Gasteiger charge is 2.12. The SMILES string of the molecule is Cc1cc(C(CSc2ccccc2C)NN)ccc1F. The van der Waals surface area contributed by atoms with E-state index in [1.807, 2.05) is 18.2 Å². The molecule has 2 aromatic carbocycles. The van der Waals surface area contributed by atoms with Crippen molar-refractivity contribution in [1.29, 1.82) is 0 Å². The van der Waals surface area contributed by atoms with Crippen LogP contribution in [0.15, 0.2) is 47.4 Å². The Bertz CT molecular complexity index is 586. The molecule has 1 atom stereocenters. The van der Waals surface area contributed by atoms with Gasteiger partial charge in [0.25, 0.3) is 0 Å². The lowest BCUT2D eigenvalue weighted by molar-refractivity contribution is 0.596. The van der Waals surface area contributed by atoms with E-state index in [4.69, 9.17) is 5.84 Å². The summed E-state index contributed by atoms with van der Waals surface area (Å²) in [6, 6.07) is 13.4. The Morgan fingerprint density at radius 3 is 2.55 bits per heavy atom. The Balaban J connectivity index is 2.09. The molecule has 4 heteroatoms. The van der Waals surface area contributed by atoms with Crippen LogP contribution in [0.25, 0.3) is 0 Å². The molecular weight excluding hydrogens is 271 g/mol. The van der Waals surface area contributed by atoms with Crippen molar-refractivity contribution in [1.82, 2.24) is 5.43 Å². The van der Waals surface area contributed by atoms with Gasteiger partial charge in [-0.2, -0.15) is 0 Å². The van der Waals surface area contributed by atoms with Crippen molar-refractivity contribution >= 4 is 11.8 Å². The third-order valence-corrected chi connectivity index (χ3v) is 4.55. The number of thioether (sulfide) groups is 1. The molecule has 0 saturated carbocycles. The van der Waals surface area contributed by atoms with E-state index < -0.39 is 0 Å². The van der Waals surface area contributed by atoms with Crippen LogP contribution in [0.2, 0.25) is 0 Å². The zero-order chi connectivity index (χ0) is 14.5. The monoisotopic (exact) mass is 290 g/mol. The molecule has 0 aliphatic carbocycles. The summed E-state index contributed by atoms with van der Waals surface area (Å²) >= 11 is 1.75. The lowest BCUT2D eigenvalue weighted by atomic mass is 10.1. The average molecular weight is 290 g/mol. The van der Waals surface area contributed by atoms with Gasteiger partial charge in [-0.15, -0.1) is 11.8 Å². The molecule has 0 spiro atoms. The summed E-state index contributed by atoms with van der Waals surface area (Å²) in [5.74, 6) is 6.25. The molecule has 2 aromatic rings. The minimum atomic E-state index is -0.184. The zero-order valence-electron chi connectivity index (χ0n) is 11.7. The van der Waals surface area contributed by atoms with Gasteiger partial charge in [0.15, 0.2) is 0 Å². The highest BCUT2D eigenvalue weighted by Crippen LogP contribution is 2.27. The van der Waals surface area contributed by atoms with Gasteiger partial charge in [-0.1, -0.05) is 30.3 Å². The van der Waals surface area contributed by atoms with Crippen molar-refractivity contribution in [3.63, 3.8) is 0 Å². The number of aryl methyl sites for hydroxylation is 2. The molecule has 0 bridgehead atoms. The lowest BCUT2D eigenvalue weighted by Crippen LogP contribution is -2.29. The highest BCUT2D eigenvalue weighted by atomic mass is 32.2. The number of benzene rings is 2. The molecule has 0 saturated heterocycles. The van der Waals surface area contributed by atoms with E-state index in [9.17, 15) is 4.39 Å². The normalized spacial score (nSPS) is 12.4. The minimum absolute atomic E-state index is 0.00101. The van der Waals surface area contributed by atoms with Crippen molar-refractivity contribution in [3.05, 3.63) is 65.0 Å². The third kappa shape index (κ3) is 3.60. The molecule has 106 valence electrons. The van der Waals surface area contributed by atoms with Crippen molar-refractivity contribution in [2.75, 3.05) is 5.75 Å². The third-order valence-electron chi connectivity index (χ3n) is 3.28. The van der Waals surface area contributed by atoms with E-state index in [2.05, 4.69) is 24.5 Å². The predicted molar refractivity (Wildman–Crippen MR) is 83.1 cm³/mol. The fraction of sp³-hybridized carbons (Fsp3) is 0.250. The first-order valence-corrected chi connectivity index (χ1v) is 7.51. The van der Waals surface area contributed by atoms with Crippen LogP contribution in [0, 0.1) is 19.7 Å². The summed E-state index contributed by atoms with van der Waals surface area (Å²) in [7, 11) is 0. The molecule has 0 heterocycles. The molecule has 0 aliphatic rings. The molecule has 20 heavy (non-hydrogen) atoms. The largest absolute Gasteiger partial charge is 0.271 e. The van der Waals surface area contributed by atoms with Crippen molar-refractivity contribution in [2.45, 2.75) is 24.8 Å². The van der Waals surface area contributed by atoms with Gasteiger partial charge in [0.05, 0.1) is 6.04 Å². The van der Waals surface area contributed by atoms with Crippen molar-refractivity contribution < 1.29 is 4.39 Å². The first-order chi connectivity index (χ1) is 9.61. The maximum Gasteiger partial charge on any atom is 0.126 e. The molecule has 1 unspecified atom stereocenters. The molecule has 0 aromatic heterocycles. The molecule has 0 amide bonds. The van der Waals surface area contributed by atoms with Crippen molar-refractivity contribution in [3.8, 4) is 0 Å². The molecule has 3 N–H and O–H groups in total. The smallest absolute Gasteiger partial charge is 0.126 e. The second kappa shape index (κ2) is 6.88. The molecular formula is C16H19FN2S. The number of hydrogen-bond acceptors (Lipinski definition) is 3. The van der Waals surface area contributed by atoms with Crippen LogP contribution in [-0.4, -0.2) is 5.75 Å². The topological polar surface area (TPSA) is 38.0 Å². The van der Waals surface area contributed by atoms with Gasteiger partial charge in [0.1, 0.15) is 5.82 Å². The maximum absolute atomic E-state index is 13.3. The van der Waals surface area contributed by atoms with E-state index in [1.54, 1.807) is 24.8 Å². The van der Waals surface area contributed by atoms with Gasteiger partial charge in [0, 0.05) is 10.6 Å². The van der Waals surface area contributed by atoms with E-state index in [0.29, 0.717) is 5.56 Å². The minimum Gasteiger partial charge on any atom is -0.271 e. The summed E-state index contributed by atoms with van der Waals surface area (Å²) in [4.78, 5) is 1.24. The van der Waals surface area contributed by atoms with Gasteiger partial charge in [-0.05, 0) is 42.7 Å². The van der Waals surface area contributed by atoms with Gasteiger partial charge in [0.2, 0.25) is 0 Å². The molecule has 0 aliphatic heterocycles. The van der Waals surface area contributed by atoms with E-state index in [-0.39, 0.29) is 11.9 Å². The number of halogens is 1. The molecule has 2 nitrogen and oxygen atoms in total. The molecule has 0 radical (unpaired) electrons. The number of nitrogens with one attached hydrogen (secondary N) is 1. The average Bonchev–Trinajstić information content (AvgIpc) is 2.45. The fourth-order valence-electron chi connectivity index (χ4n) is 2.02. The summed E-state index contributed by atoms with van der Waals surface area (Å²) < 4.78 is 13.3. The summed E-state index contributed by atoms with van der Waals surface area (Å²) in [5, 5.41) is 0. The fourth-order valence-corrected chi connectivity index (χ4v) is 3.12. The van der Waals surface area contributed by atoms with E-state index in [0.717, 1.165) is 11.3 Å². The van der Waals surface area contributed by atoms with Gasteiger partial charge in [-0.3, -0.25) is 11.3 Å². The van der Waals surface area contributed by atoms with Crippen LogP contribution in [0.5, 0.6) is 0 Å². The maximum atomic E-state index is 13.3. The summed E-state index contributed by atoms with van der Waals surface area (Å²) in [5.41, 5.74) is 5.71. The Labute approximate surface area is 123 Å². The van der Waals surface area contributed by atoms with Gasteiger partial charge in [-0.25, -0.2) is 4.39 Å². The van der Waals surface area contributed by atoms with Gasteiger partial charge < -0.3 is 0 Å².